The molecule has 0 unspecified atom stereocenters. The molecular formula is C21H25ClN2O3S. The number of anilines is 2. The van der Waals surface area contributed by atoms with Gasteiger partial charge in [0, 0.05) is 29.7 Å². The maximum atomic E-state index is 12.8. The van der Waals surface area contributed by atoms with Gasteiger partial charge in [0.25, 0.3) is 0 Å². The van der Waals surface area contributed by atoms with Crippen molar-refractivity contribution in [2.24, 2.45) is 0 Å². The Bertz CT molecular complexity index is 991. The monoisotopic (exact) mass is 420 g/mol. The van der Waals surface area contributed by atoms with E-state index in [4.69, 9.17) is 11.6 Å². The third-order valence-electron chi connectivity index (χ3n) is 5.14. The number of halogens is 1. The number of benzene rings is 2. The number of carbonyl (C=O) groups excluding carboxylic acids is 1. The Hall–Kier alpha value is -2.05. The van der Waals surface area contributed by atoms with Crippen molar-refractivity contribution in [3.05, 3.63) is 58.6 Å². The summed E-state index contributed by atoms with van der Waals surface area (Å²) >= 11 is 6.16. The second-order valence-electron chi connectivity index (χ2n) is 7.27. The molecule has 0 radical (unpaired) electrons. The second-order valence-corrected chi connectivity index (χ2v) is 9.58. The number of hydrogen-bond donors (Lipinski definition) is 0. The second kappa shape index (κ2) is 8.13. The van der Waals surface area contributed by atoms with Crippen LogP contribution in [0.4, 0.5) is 11.4 Å². The Kier molecular flexibility index (Phi) is 6.01. The van der Waals surface area contributed by atoms with E-state index < -0.39 is 10.0 Å². The molecule has 0 aromatic heterocycles. The van der Waals surface area contributed by atoms with Crippen LogP contribution in [-0.2, 0) is 21.2 Å². The standard InChI is InChI=1S/C21H25ClN2O3S/c1-15-14-17-8-4-5-10-20(17)24(15)21(25)12-7-13-23(28(3,26)27)19-11-6-9-18(22)16(19)2/h4-6,8-11,15H,7,12-14H2,1-3H3/t15-/m0/s1. The molecule has 1 aliphatic heterocycles. The Morgan fingerprint density at radius 3 is 2.64 bits per heavy atom. The van der Waals surface area contributed by atoms with E-state index in [1.165, 1.54) is 16.1 Å². The van der Waals surface area contributed by atoms with Gasteiger partial charge in [-0.05, 0) is 56.0 Å². The van der Waals surface area contributed by atoms with Crippen LogP contribution < -0.4 is 9.21 Å². The van der Waals surface area contributed by atoms with E-state index in [2.05, 4.69) is 0 Å². The molecular weight excluding hydrogens is 396 g/mol. The molecule has 2 aromatic carbocycles. The van der Waals surface area contributed by atoms with Crippen molar-refractivity contribution in [1.29, 1.82) is 0 Å². The summed E-state index contributed by atoms with van der Waals surface area (Å²) in [7, 11) is -3.48. The average Bonchev–Trinajstić information content (AvgIpc) is 2.96. The Morgan fingerprint density at radius 1 is 1.21 bits per heavy atom. The lowest BCUT2D eigenvalue weighted by Crippen LogP contribution is -2.37. The molecule has 0 saturated heterocycles. The highest BCUT2D eigenvalue weighted by molar-refractivity contribution is 7.92. The van der Waals surface area contributed by atoms with Crippen LogP contribution in [0.25, 0.3) is 0 Å². The molecule has 5 nitrogen and oxygen atoms in total. The number of fused-ring (bicyclic) bond motifs is 1. The van der Waals surface area contributed by atoms with Crippen LogP contribution in [0.3, 0.4) is 0 Å². The highest BCUT2D eigenvalue weighted by Crippen LogP contribution is 2.33. The van der Waals surface area contributed by atoms with Gasteiger partial charge in [-0.2, -0.15) is 0 Å². The summed E-state index contributed by atoms with van der Waals surface area (Å²) in [5, 5.41) is 0.518. The van der Waals surface area contributed by atoms with Crippen LogP contribution >= 0.6 is 11.6 Å². The van der Waals surface area contributed by atoms with Crippen molar-refractivity contribution in [1.82, 2.24) is 0 Å². The summed E-state index contributed by atoms with van der Waals surface area (Å²) in [6.07, 6.45) is 2.74. The summed E-state index contributed by atoms with van der Waals surface area (Å²) < 4.78 is 26.0. The number of carbonyl (C=O) groups is 1. The SMILES string of the molecule is Cc1c(Cl)cccc1N(CCCC(=O)N1c2ccccc2C[C@@H]1C)S(C)(=O)=O. The molecule has 1 atom stereocenters. The van der Waals surface area contributed by atoms with E-state index in [0.717, 1.165) is 12.1 Å². The normalized spacial score (nSPS) is 16.1. The van der Waals surface area contributed by atoms with Gasteiger partial charge >= 0.3 is 0 Å². The fraction of sp³-hybridized carbons (Fsp3) is 0.381. The summed E-state index contributed by atoms with van der Waals surface area (Å²) in [5.41, 5.74) is 3.41. The van der Waals surface area contributed by atoms with E-state index in [0.29, 0.717) is 22.7 Å². The molecule has 1 heterocycles. The highest BCUT2D eigenvalue weighted by atomic mass is 35.5. The van der Waals surface area contributed by atoms with Crippen molar-refractivity contribution >= 4 is 38.9 Å². The maximum absolute atomic E-state index is 12.8. The minimum absolute atomic E-state index is 0.0220. The van der Waals surface area contributed by atoms with Crippen molar-refractivity contribution < 1.29 is 13.2 Å². The van der Waals surface area contributed by atoms with Crippen LogP contribution in [0.1, 0.15) is 30.9 Å². The first kappa shape index (κ1) is 20.7. The molecule has 2 aromatic rings. The third-order valence-corrected chi connectivity index (χ3v) is 6.73. The third kappa shape index (κ3) is 4.18. The van der Waals surface area contributed by atoms with E-state index in [1.54, 1.807) is 25.1 Å². The van der Waals surface area contributed by atoms with Gasteiger partial charge < -0.3 is 4.90 Å². The zero-order valence-electron chi connectivity index (χ0n) is 16.4. The van der Waals surface area contributed by atoms with Gasteiger partial charge in [-0.25, -0.2) is 8.42 Å². The minimum Gasteiger partial charge on any atom is -0.309 e. The van der Waals surface area contributed by atoms with Crippen molar-refractivity contribution in [2.45, 2.75) is 39.2 Å². The Morgan fingerprint density at radius 2 is 1.93 bits per heavy atom. The summed E-state index contributed by atoms with van der Waals surface area (Å²) in [6, 6.07) is 13.3. The van der Waals surface area contributed by atoms with Crippen LogP contribution in [0.2, 0.25) is 5.02 Å². The quantitative estimate of drug-likeness (QED) is 0.704. The Labute approximate surface area is 172 Å². The maximum Gasteiger partial charge on any atom is 0.232 e. The zero-order chi connectivity index (χ0) is 20.5. The van der Waals surface area contributed by atoms with Crippen LogP contribution in [0.5, 0.6) is 0 Å². The molecule has 3 rings (SSSR count). The van der Waals surface area contributed by atoms with E-state index in [1.807, 2.05) is 36.1 Å². The smallest absolute Gasteiger partial charge is 0.232 e. The molecule has 0 N–H and O–H groups in total. The highest BCUT2D eigenvalue weighted by Gasteiger charge is 2.30. The molecule has 0 saturated carbocycles. The fourth-order valence-corrected chi connectivity index (χ4v) is 4.96. The molecule has 0 aliphatic carbocycles. The van der Waals surface area contributed by atoms with Crippen LogP contribution in [0, 0.1) is 6.92 Å². The first-order chi connectivity index (χ1) is 13.2. The predicted octanol–water partition coefficient (Wildman–Crippen LogP) is 4.17. The summed E-state index contributed by atoms with van der Waals surface area (Å²) in [4.78, 5) is 14.7. The van der Waals surface area contributed by atoms with Crippen molar-refractivity contribution in [3.8, 4) is 0 Å². The summed E-state index contributed by atoms with van der Waals surface area (Å²) in [5.74, 6) is 0.0220. The van der Waals surface area contributed by atoms with Crippen LogP contribution in [-0.4, -0.2) is 33.2 Å². The van der Waals surface area contributed by atoms with Gasteiger partial charge in [0.05, 0.1) is 11.9 Å². The lowest BCUT2D eigenvalue weighted by molar-refractivity contribution is -0.118. The molecule has 0 bridgehead atoms. The summed E-state index contributed by atoms with van der Waals surface area (Å²) in [6.45, 7) is 4.06. The fourth-order valence-electron chi connectivity index (χ4n) is 3.77. The number of amides is 1. The Balaban J connectivity index is 1.72. The number of hydrogen-bond acceptors (Lipinski definition) is 3. The van der Waals surface area contributed by atoms with Gasteiger partial charge in [0.1, 0.15) is 0 Å². The van der Waals surface area contributed by atoms with Gasteiger partial charge in [-0.15, -0.1) is 0 Å². The van der Waals surface area contributed by atoms with E-state index >= 15 is 0 Å². The first-order valence-electron chi connectivity index (χ1n) is 9.33. The predicted molar refractivity (Wildman–Crippen MR) is 115 cm³/mol. The number of para-hydroxylation sites is 1. The van der Waals surface area contributed by atoms with Gasteiger partial charge in [0.2, 0.25) is 15.9 Å². The minimum atomic E-state index is -3.48. The molecule has 150 valence electrons. The number of sulfonamides is 1. The topological polar surface area (TPSA) is 57.7 Å². The number of nitrogens with zero attached hydrogens (tertiary/aromatic N) is 2. The van der Waals surface area contributed by atoms with Crippen molar-refractivity contribution in [2.75, 3.05) is 22.0 Å². The molecule has 1 amide bonds. The number of rotatable bonds is 6. The van der Waals surface area contributed by atoms with Gasteiger partial charge in [-0.3, -0.25) is 9.10 Å². The molecule has 7 heteroatoms. The van der Waals surface area contributed by atoms with E-state index in [9.17, 15) is 13.2 Å². The van der Waals surface area contributed by atoms with Crippen molar-refractivity contribution in [3.63, 3.8) is 0 Å². The lowest BCUT2D eigenvalue weighted by Gasteiger charge is -2.26. The molecule has 0 fully saturated rings. The van der Waals surface area contributed by atoms with Gasteiger partial charge in [-0.1, -0.05) is 35.9 Å². The molecule has 28 heavy (non-hydrogen) atoms. The zero-order valence-corrected chi connectivity index (χ0v) is 17.9. The van der Waals surface area contributed by atoms with E-state index in [-0.39, 0.29) is 24.9 Å². The molecule has 0 spiro atoms. The van der Waals surface area contributed by atoms with Gasteiger partial charge in [0.15, 0.2) is 0 Å². The van der Waals surface area contributed by atoms with Crippen LogP contribution in [0.15, 0.2) is 42.5 Å². The lowest BCUT2D eigenvalue weighted by atomic mass is 10.1. The average molecular weight is 421 g/mol. The largest absolute Gasteiger partial charge is 0.309 e. The molecule has 1 aliphatic rings. The first-order valence-corrected chi connectivity index (χ1v) is 11.6.